The van der Waals surface area contributed by atoms with Crippen molar-refractivity contribution in [2.75, 3.05) is 43.9 Å². The summed E-state index contributed by atoms with van der Waals surface area (Å²) in [6, 6.07) is 2.48. The van der Waals surface area contributed by atoms with Gasteiger partial charge in [-0.3, -0.25) is 4.90 Å². The molecule has 1 atom stereocenters. The molecule has 0 amide bonds. The molecule has 100 valence electrons. The molecule has 1 N–H and O–H groups in total. The molecule has 1 unspecified atom stereocenters. The van der Waals surface area contributed by atoms with Gasteiger partial charge in [0.15, 0.2) is 0 Å². The minimum Gasteiger partial charge on any atom is -0.368 e. The predicted molar refractivity (Wildman–Crippen MR) is 75.1 cm³/mol. The second-order valence-electron chi connectivity index (χ2n) is 5.11. The van der Waals surface area contributed by atoms with Gasteiger partial charge >= 0.3 is 0 Å². The lowest BCUT2D eigenvalue weighted by Crippen LogP contribution is -2.35. The van der Waals surface area contributed by atoms with Gasteiger partial charge in [-0.2, -0.15) is 4.98 Å². The Balaban J connectivity index is 1.87. The van der Waals surface area contributed by atoms with Crippen molar-refractivity contribution in [1.82, 2.24) is 14.9 Å². The van der Waals surface area contributed by atoms with Crippen molar-refractivity contribution in [3.05, 3.63) is 12.3 Å². The molecule has 0 saturated carbocycles. The van der Waals surface area contributed by atoms with Crippen LogP contribution in [0.1, 0.15) is 19.8 Å². The van der Waals surface area contributed by atoms with Gasteiger partial charge in [0.05, 0.1) is 0 Å². The number of nitrogens with one attached hydrogen (secondary N) is 1. The zero-order valence-corrected chi connectivity index (χ0v) is 11.6. The van der Waals surface area contributed by atoms with E-state index >= 15 is 0 Å². The molecule has 5 heteroatoms. The minimum atomic E-state index is 0.560. The fourth-order valence-electron chi connectivity index (χ4n) is 2.23. The Labute approximate surface area is 109 Å². The number of nitrogens with zero attached hydrogens (tertiary/aromatic N) is 4. The third kappa shape index (κ3) is 3.32. The molecule has 0 bridgehead atoms. The molecule has 1 aromatic rings. The summed E-state index contributed by atoms with van der Waals surface area (Å²) >= 11 is 0. The summed E-state index contributed by atoms with van der Waals surface area (Å²) in [5.41, 5.74) is 0. The maximum absolute atomic E-state index is 4.46. The minimum absolute atomic E-state index is 0.560. The SMILES string of the molecule is CC(CNc1ccnc(N(C)C)n1)N1CCCC1. The van der Waals surface area contributed by atoms with Gasteiger partial charge < -0.3 is 10.2 Å². The van der Waals surface area contributed by atoms with Crippen LogP contribution in [-0.4, -0.2) is 54.6 Å². The van der Waals surface area contributed by atoms with Crippen molar-refractivity contribution in [2.45, 2.75) is 25.8 Å². The molecule has 0 aliphatic carbocycles. The van der Waals surface area contributed by atoms with E-state index in [0.717, 1.165) is 18.3 Å². The van der Waals surface area contributed by atoms with E-state index in [1.54, 1.807) is 6.20 Å². The van der Waals surface area contributed by atoms with Gasteiger partial charge in [-0.15, -0.1) is 0 Å². The van der Waals surface area contributed by atoms with Crippen LogP contribution in [0.2, 0.25) is 0 Å². The van der Waals surface area contributed by atoms with Crippen molar-refractivity contribution in [1.29, 1.82) is 0 Å². The van der Waals surface area contributed by atoms with Crippen LogP contribution >= 0.6 is 0 Å². The lowest BCUT2D eigenvalue weighted by atomic mass is 10.3. The highest BCUT2D eigenvalue weighted by molar-refractivity contribution is 5.40. The smallest absolute Gasteiger partial charge is 0.226 e. The Morgan fingerprint density at radius 2 is 2.11 bits per heavy atom. The molecule has 18 heavy (non-hydrogen) atoms. The van der Waals surface area contributed by atoms with Crippen LogP contribution in [0.25, 0.3) is 0 Å². The van der Waals surface area contributed by atoms with Crippen LogP contribution in [0.15, 0.2) is 12.3 Å². The van der Waals surface area contributed by atoms with Crippen LogP contribution in [0.4, 0.5) is 11.8 Å². The number of aromatic nitrogens is 2. The predicted octanol–water partition coefficient (Wildman–Crippen LogP) is 1.44. The second kappa shape index (κ2) is 6.00. The number of anilines is 2. The van der Waals surface area contributed by atoms with Crippen molar-refractivity contribution >= 4 is 11.8 Å². The van der Waals surface area contributed by atoms with E-state index in [-0.39, 0.29) is 0 Å². The van der Waals surface area contributed by atoms with Crippen molar-refractivity contribution < 1.29 is 0 Å². The van der Waals surface area contributed by atoms with Gasteiger partial charge in [-0.1, -0.05) is 0 Å². The van der Waals surface area contributed by atoms with Crippen molar-refractivity contribution in [2.24, 2.45) is 0 Å². The van der Waals surface area contributed by atoms with E-state index in [9.17, 15) is 0 Å². The fraction of sp³-hybridized carbons (Fsp3) is 0.692. The van der Waals surface area contributed by atoms with E-state index in [1.165, 1.54) is 25.9 Å². The molecule has 0 spiro atoms. The summed E-state index contributed by atoms with van der Waals surface area (Å²) in [5, 5.41) is 3.40. The van der Waals surface area contributed by atoms with Crippen molar-refractivity contribution in [3.8, 4) is 0 Å². The normalized spacial score (nSPS) is 17.7. The van der Waals surface area contributed by atoms with E-state index in [4.69, 9.17) is 0 Å². The number of rotatable bonds is 5. The highest BCUT2D eigenvalue weighted by Crippen LogP contribution is 2.13. The summed E-state index contributed by atoms with van der Waals surface area (Å²) in [6.45, 7) is 5.67. The second-order valence-corrected chi connectivity index (χ2v) is 5.11. The first-order chi connectivity index (χ1) is 8.66. The Bertz CT molecular complexity index is 373. The maximum Gasteiger partial charge on any atom is 0.226 e. The molecule has 1 saturated heterocycles. The molecule has 1 fully saturated rings. The average Bonchev–Trinajstić information content (AvgIpc) is 2.90. The lowest BCUT2D eigenvalue weighted by Gasteiger charge is -2.24. The highest BCUT2D eigenvalue weighted by atomic mass is 15.2. The molecule has 0 aromatic carbocycles. The fourth-order valence-corrected chi connectivity index (χ4v) is 2.23. The summed E-state index contributed by atoms with van der Waals surface area (Å²) in [5.74, 6) is 1.65. The Kier molecular flexibility index (Phi) is 4.36. The van der Waals surface area contributed by atoms with E-state index in [1.807, 2.05) is 25.1 Å². The first-order valence-corrected chi connectivity index (χ1v) is 6.65. The van der Waals surface area contributed by atoms with E-state index in [0.29, 0.717) is 6.04 Å². The van der Waals surface area contributed by atoms with Crippen LogP contribution in [-0.2, 0) is 0 Å². The van der Waals surface area contributed by atoms with Crippen molar-refractivity contribution in [3.63, 3.8) is 0 Å². The largest absolute Gasteiger partial charge is 0.368 e. The van der Waals surface area contributed by atoms with Gasteiger partial charge in [-0.05, 0) is 38.9 Å². The summed E-state index contributed by atoms with van der Waals surface area (Å²) in [4.78, 5) is 13.1. The molecule has 1 aliphatic heterocycles. The molecule has 1 aromatic heterocycles. The van der Waals surface area contributed by atoms with Crippen LogP contribution in [0.5, 0.6) is 0 Å². The molecule has 2 heterocycles. The number of hydrogen-bond acceptors (Lipinski definition) is 5. The Morgan fingerprint density at radius 1 is 1.39 bits per heavy atom. The van der Waals surface area contributed by atoms with E-state index < -0.39 is 0 Å². The standard InChI is InChI=1S/C13H23N5/c1-11(18-8-4-5-9-18)10-15-12-6-7-14-13(16-12)17(2)3/h6-7,11H,4-5,8-10H2,1-3H3,(H,14,15,16). The van der Waals surface area contributed by atoms with E-state index in [2.05, 4.69) is 27.1 Å². The van der Waals surface area contributed by atoms with Gasteiger partial charge in [0.1, 0.15) is 5.82 Å². The lowest BCUT2D eigenvalue weighted by molar-refractivity contribution is 0.269. The third-order valence-corrected chi connectivity index (χ3v) is 3.39. The molecule has 1 aliphatic rings. The van der Waals surface area contributed by atoms with Gasteiger partial charge in [0.2, 0.25) is 5.95 Å². The number of likely N-dealkylation sites (tertiary alicyclic amines) is 1. The van der Waals surface area contributed by atoms with Gasteiger partial charge in [-0.25, -0.2) is 4.98 Å². The maximum atomic E-state index is 4.46. The summed E-state index contributed by atoms with van der Waals surface area (Å²) in [6.07, 6.45) is 4.47. The van der Waals surface area contributed by atoms with Gasteiger partial charge in [0, 0.05) is 32.9 Å². The highest BCUT2D eigenvalue weighted by Gasteiger charge is 2.17. The van der Waals surface area contributed by atoms with Crippen LogP contribution in [0.3, 0.4) is 0 Å². The molecular weight excluding hydrogens is 226 g/mol. The van der Waals surface area contributed by atoms with Crippen LogP contribution < -0.4 is 10.2 Å². The molecule has 2 rings (SSSR count). The first kappa shape index (κ1) is 13.1. The molecular formula is C13H23N5. The quantitative estimate of drug-likeness (QED) is 0.855. The zero-order chi connectivity index (χ0) is 13.0. The van der Waals surface area contributed by atoms with Gasteiger partial charge in [0.25, 0.3) is 0 Å². The first-order valence-electron chi connectivity index (χ1n) is 6.65. The summed E-state index contributed by atoms with van der Waals surface area (Å²) in [7, 11) is 3.90. The number of hydrogen-bond donors (Lipinski definition) is 1. The third-order valence-electron chi connectivity index (χ3n) is 3.39. The Morgan fingerprint density at radius 3 is 2.78 bits per heavy atom. The zero-order valence-electron chi connectivity index (χ0n) is 11.6. The molecule has 5 nitrogen and oxygen atoms in total. The topological polar surface area (TPSA) is 44.3 Å². The monoisotopic (exact) mass is 249 g/mol. The van der Waals surface area contributed by atoms with Crippen LogP contribution in [0, 0.1) is 0 Å². The Hall–Kier alpha value is -1.36. The summed E-state index contributed by atoms with van der Waals surface area (Å²) < 4.78 is 0. The molecule has 0 radical (unpaired) electrons. The average molecular weight is 249 g/mol.